The lowest BCUT2D eigenvalue weighted by molar-refractivity contribution is 0.0955. The monoisotopic (exact) mass is 351 g/mol. The number of anilines is 1. The van der Waals surface area contributed by atoms with E-state index in [0.29, 0.717) is 5.56 Å². The van der Waals surface area contributed by atoms with Crippen LogP contribution in [0.4, 0.5) is 5.69 Å². The predicted octanol–water partition coefficient (Wildman–Crippen LogP) is 3.76. The van der Waals surface area contributed by atoms with Crippen molar-refractivity contribution in [2.75, 3.05) is 25.1 Å². The van der Waals surface area contributed by atoms with Crippen molar-refractivity contribution in [1.29, 1.82) is 0 Å². The molecule has 0 aliphatic carbocycles. The third-order valence-corrected chi connectivity index (χ3v) is 4.62. The van der Waals surface area contributed by atoms with Gasteiger partial charge in [-0.3, -0.25) is 4.79 Å². The standard InChI is InChI=1S/C21H25N3O2/c1-16-6-8-17(9-7-16)21(25)23-22-15-18-10-11-19(14-20(18)26-2)24-12-4-3-5-13-24/h6-11,14-15H,3-5,12-13H2,1-2H3,(H,23,25)/b22-15-. The average molecular weight is 351 g/mol. The largest absolute Gasteiger partial charge is 0.496 e. The molecule has 0 spiro atoms. The molecule has 136 valence electrons. The summed E-state index contributed by atoms with van der Waals surface area (Å²) in [6.45, 7) is 4.16. The summed E-state index contributed by atoms with van der Waals surface area (Å²) < 4.78 is 5.50. The van der Waals surface area contributed by atoms with Gasteiger partial charge in [0, 0.05) is 36.0 Å². The van der Waals surface area contributed by atoms with E-state index in [9.17, 15) is 4.79 Å². The van der Waals surface area contributed by atoms with Gasteiger partial charge in [-0.1, -0.05) is 17.7 Å². The molecule has 2 aromatic rings. The highest BCUT2D eigenvalue weighted by molar-refractivity contribution is 5.95. The van der Waals surface area contributed by atoms with Gasteiger partial charge in [0.1, 0.15) is 5.75 Å². The summed E-state index contributed by atoms with van der Waals surface area (Å²) in [6.07, 6.45) is 5.39. The average Bonchev–Trinajstić information content (AvgIpc) is 2.69. The number of benzene rings is 2. The smallest absolute Gasteiger partial charge is 0.271 e. The number of carbonyl (C=O) groups excluding carboxylic acids is 1. The number of hydrazone groups is 1. The Balaban J connectivity index is 1.67. The molecule has 5 nitrogen and oxygen atoms in total. The maximum Gasteiger partial charge on any atom is 0.271 e. The van der Waals surface area contributed by atoms with E-state index < -0.39 is 0 Å². The fourth-order valence-corrected chi connectivity index (χ4v) is 3.09. The maximum absolute atomic E-state index is 12.1. The topological polar surface area (TPSA) is 53.9 Å². The zero-order valence-electron chi connectivity index (χ0n) is 15.4. The maximum atomic E-state index is 12.1. The first kappa shape index (κ1) is 18.0. The number of hydrogen-bond acceptors (Lipinski definition) is 4. The minimum Gasteiger partial charge on any atom is -0.496 e. The van der Waals surface area contributed by atoms with E-state index in [0.717, 1.165) is 30.0 Å². The molecule has 0 unspecified atom stereocenters. The number of piperidine rings is 1. The SMILES string of the molecule is COc1cc(N2CCCCC2)ccc1/C=N\NC(=O)c1ccc(C)cc1. The molecule has 1 N–H and O–H groups in total. The molecule has 0 radical (unpaired) electrons. The third-order valence-electron chi connectivity index (χ3n) is 4.62. The van der Waals surface area contributed by atoms with Crippen LogP contribution in [0.3, 0.4) is 0 Å². The van der Waals surface area contributed by atoms with Crippen molar-refractivity contribution in [3.05, 3.63) is 59.2 Å². The number of hydrogen-bond donors (Lipinski definition) is 1. The molecule has 1 saturated heterocycles. The summed E-state index contributed by atoms with van der Waals surface area (Å²) in [5, 5.41) is 4.07. The molecule has 1 amide bonds. The second-order valence-corrected chi connectivity index (χ2v) is 6.54. The molecule has 5 heteroatoms. The number of nitrogens with one attached hydrogen (secondary N) is 1. The van der Waals surface area contributed by atoms with Crippen LogP contribution in [0.5, 0.6) is 5.75 Å². The fourth-order valence-electron chi connectivity index (χ4n) is 3.09. The number of aryl methyl sites for hydroxylation is 1. The lowest BCUT2D eigenvalue weighted by atomic mass is 10.1. The van der Waals surface area contributed by atoms with Crippen LogP contribution in [0, 0.1) is 6.92 Å². The Morgan fingerprint density at radius 3 is 2.54 bits per heavy atom. The van der Waals surface area contributed by atoms with Gasteiger partial charge >= 0.3 is 0 Å². The van der Waals surface area contributed by atoms with E-state index in [1.165, 1.54) is 24.9 Å². The first-order valence-electron chi connectivity index (χ1n) is 9.00. The number of amides is 1. The molecule has 0 aromatic heterocycles. The number of rotatable bonds is 5. The zero-order valence-corrected chi connectivity index (χ0v) is 15.4. The van der Waals surface area contributed by atoms with Gasteiger partial charge in [0.15, 0.2) is 0 Å². The van der Waals surface area contributed by atoms with Crippen LogP contribution in [0.25, 0.3) is 0 Å². The summed E-state index contributed by atoms with van der Waals surface area (Å²) >= 11 is 0. The molecule has 1 fully saturated rings. The van der Waals surface area contributed by atoms with Crippen LogP contribution < -0.4 is 15.1 Å². The minimum atomic E-state index is -0.231. The summed E-state index contributed by atoms with van der Waals surface area (Å²) in [4.78, 5) is 14.5. The molecule has 0 bridgehead atoms. The predicted molar refractivity (Wildman–Crippen MR) is 105 cm³/mol. The van der Waals surface area contributed by atoms with Crippen molar-refractivity contribution in [2.45, 2.75) is 26.2 Å². The molecule has 1 aliphatic rings. The normalized spacial score (nSPS) is 14.5. The van der Waals surface area contributed by atoms with Gasteiger partial charge in [-0.2, -0.15) is 5.10 Å². The molecule has 2 aromatic carbocycles. The minimum absolute atomic E-state index is 0.231. The lowest BCUT2D eigenvalue weighted by Gasteiger charge is -2.29. The van der Waals surface area contributed by atoms with Gasteiger partial charge in [0.05, 0.1) is 13.3 Å². The van der Waals surface area contributed by atoms with Crippen LogP contribution in [-0.4, -0.2) is 32.3 Å². The van der Waals surface area contributed by atoms with E-state index in [2.05, 4.69) is 21.5 Å². The van der Waals surface area contributed by atoms with Gasteiger partial charge in [-0.25, -0.2) is 5.43 Å². The Labute approximate surface area is 154 Å². The molecule has 0 atom stereocenters. The van der Waals surface area contributed by atoms with Crippen LogP contribution in [0.2, 0.25) is 0 Å². The third kappa shape index (κ3) is 4.42. The molecule has 0 saturated carbocycles. The van der Waals surface area contributed by atoms with E-state index in [-0.39, 0.29) is 5.91 Å². The van der Waals surface area contributed by atoms with Crippen LogP contribution >= 0.6 is 0 Å². The first-order chi connectivity index (χ1) is 12.7. The van der Waals surface area contributed by atoms with E-state index in [1.54, 1.807) is 25.5 Å². The number of carbonyl (C=O) groups is 1. The molecule has 1 aliphatic heterocycles. The Bertz CT molecular complexity index is 778. The van der Waals surface area contributed by atoms with E-state index >= 15 is 0 Å². The zero-order chi connectivity index (χ0) is 18.4. The quantitative estimate of drug-likeness (QED) is 0.659. The van der Waals surface area contributed by atoms with Crippen LogP contribution in [0.15, 0.2) is 47.6 Å². The van der Waals surface area contributed by atoms with Gasteiger partial charge in [-0.05, 0) is 50.5 Å². The van der Waals surface area contributed by atoms with Gasteiger partial charge in [0.2, 0.25) is 0 Å². The van der Waals surface area contributed by atoms with Crippen molar-refractivity contribution in [3.8, 4) is 5.75 Å². The van der Waals surface area contributed by atoms with Crippen molar-refractivity contribution in [1.82, 2.24) is 5.43 Å². The Morgan fingerprint density at radius 2 is 1.85 bits per heavy atom. The second-order valence-electron chi connectivity index (χ2n) is 6.54. The Kier molecular flexibility index (Phi) is 5.89. The lowest BCUT2D eigenvalue weighted by Crippen LogP contribution is -2.29. The number of methoxy groups -OCH3 is 1. The first-order valence-corrected chi connectivity index (χ1v) is 9.00. The molecular formula is C21H25N3O2. The van der Waals surface area contributed by atoms with Crippen molar-refractivity contribution >= 4 is 17.8 Å². The second kappa shape index (κ2) is 8.52. The number of nitrogens with zero attached hydrogens (tertiary/aromatic N) is 2. The Hall–Kier alpha value is -2.82. The molecule has 3 rings (SSSR count). The van der Waals surface area contributed by atoms with Gasteiger partial charge in [-0.15, -0.1) is 0 Å². The summed E-state index contributed by atoms with van der Waals surface area (Å²) in [6, 6.07) is 13.5. The molecular weight excluding hydrogens is 326 g/mol. The van der Waals surface area contributed by atoms with Gasteiger partial charge in [0.25, 0.3) is 5.91 Å². The van der Waals surface area contributed by atoms with E-state index in [1.807, 2.05) is 31.2 Å². The molecule has 26 heavy (non-hydrogen) atoms. The van der Waals surface area contributed by atoms with Gasteiger partial charge < -0.3 is 9.64 Å². The van der Waals surface area contributed by atoms with E-state index in [4.69, 9.17) is 4.74 Å². The highest BCUT2D eigenvalue weighted by Gasteiger charge is 2.13. The summed E-state index contributed by atoms with van der Waals surface area (Å²) in [5.41, 5.74) is 6.26. The van der Waals surface area contributed by atoms with Crippen molar-refractivity contribution in [3.63, 3.8) is 0 Å². The number of ether oxygens (including phenoxy) is 1. The fraction of sp³-hybridized carbons (Fsp3) is 0.333. The summed E-state index contributed by atoms with van der Waals surface area (Å²) in [5.74, 6) is 0.520. The van der Waals surface area contributed by atoms with Crippen molar-refractivity contribution < 1.29 is 9.53 Å². The van der Waals surface area contributed by atoms with Crippen LogP contribution in [-0.2, 0) is 0 Å². The highest BCUT2D eigenvalue weighted by atomic mass is 16.5. The van der Waals surface area contributed by atoms with Crippen molar-refractivity contribution in [2.24, 2.45) is 5.10 Å². The van der Waals surface area contributed by atoms with Crippen LogP contribution in [0.1, 0.15) is 40.7 Å². The Morgan fingerprint density at radius 1 is 1.12 bits per heavy atom. The highest BCUT2D eigenvalue weighted by Crippen LogP contribution is 2.26. The summed E-state index contributed by atoms with van der Waals surface area (Å²) in [7, 11) is 1.65. The molecule has 1 heterocycles.